The molecular weight excluding hydrogens is 288 g/mol. The molecule has 0 unspecified atom stereocenters. The van der Waals surface area contributed by atoms with Crippen LogP contribution >= 0.6 is 11.6 Å². The molecule has 0 N–H and O–H groups in total. The molecule has 0 aliphatic heterocycles. The molecule has 0 radical (unpaired) electrons. The van der Waals surface area contributed by atoms with Gasteiger partial charge in [0, 0.05) is 10.6 Å². The van der Waals surface area contributed by atoms with Crippen molar-refractivity contribution in [3.05, 3.63) is 60.1 Å². The Morgan fingerprint density at radius 1 is 0.952 bits per heavy atom. The SMILES string of the molecule is Clc1ccc(-c2nc3cc(-n4cnnc4)ccc3o2)cc1. The number of benzene rings is 2. The van der Waals surface area contributed by atoms with E-state index in [2.05, 4.69) is 15.2 Å². The minimum atomic E-state index is 0.572. The van der Waals surface area contributed by atoms with E-state index in [1.165, 1.54) is 0 Å². The minimum Gasteiger partial charge on any atom is -0.436 e. The number of oxazole rings is 1. The van der Waals surface area contributed by atoms with E-state index in [4.69, 9.17) is 16.0 Å². The van der Waals surface area contributed by atoms with Crippen molar-refractivity contribution in [2.75, 3.05) is 0 Å². The van der Waals surface area contributed by atoms with Gasteiger partial charge in [-0.25, -0.2) is 4.98 Å². The highest BCUT2D eigenvalue weighted by Gasteiger charge is 2.09. The maximum absolute atomic E-state index is 5.89. The highest BCUT2D eigenvalue weighted by Crippen LogP contribution is 2.26. The van der Waals surface area contributed by atoms with Crippen LogP contribution in [0.1, 0.15) is 0 Å². The van der Waals surface area contributed by atoms with Crippen molar-refractivity contribution >= 4 is 22.7 Å². The summed E-state index contributed by atoms with van der Waals surface area (Å²) in [5.74, 6) is 0.572. The smallest absolute Gasteiger partial charge is 0.227 e. The summed E-state index contributed by atoms with van der Waals surface area (Å²) >= 11 is 5.89. The number of aromatic nitrogens is 4. The molecule has 0 saturated heterocycles. The Morgan fingerprint density at radius 2 is 1.71 bits per heavy atom. The lowest BCUT2D eigenvalue weighted by atomic mass is 10.2. The van der Waals surface area contributed by atoms with Crippen molar-refractivity contribution in [1.29, 1.82) is 0 Å². The summed E-state index contributed by atoms with van der Waals surface area (Å²) in [7, 11) is 0. The minimum absolute atomic E-state index is 0.572. The second-order valence-electron chi connectivity index (χ2n) is 4.55. The fraction of sp³-hybridized carbons (Fsp3) is 0. The number of hydrogen-bond donors (Lipinski definition) is 0. The Kier molecular flexibility index (Phi) is 2.72. The highest BCUT2D eigenvalue weighted by atomic mass is 35.5. The Bertz CT molecular complexity index is 897. The summed E-state index contributed by atoms with van der Waals surface area (Å²) in [6.45, 7) is 0. The van der Waals surface area contributed by atoms with E-state index < -0.39 is 0 Å². The monoisotopic (exact) mass is 296 g/mol. The van der Waals surface area contributed by atoms with Gasteiger partial charge in [0.05, 0.1) is 5.69 Å². The molecule has 0 atom stereocenters. The van der Waals surface area contributed by atoms with Crippen molar-refractivity contribution < 1.29 is 4.42 Å². The lowest BCUT2D eigenvalue weighted by Crippen LogP contribution is -1.88. The van der Waals surface area contributed by atoms with Gasteiger partial charge in [-0.05, 0) is 42.5 Å². The van der Waals surface area contributed by atoms with Crippen LogP contribution < -0.4 is 0 Å². The lowest BCUT2D eigenvalue weighted by molar-refractivity contribution is 0.620. The summed E-state index contributed by atoms with van der Waals surface area (Å²) < 4.78 is 7.59. The topological polar surface area (TPSA) is 56.7 Å². The van der Waals surface area contributed by atoms with Crippen molar-refractivity contribution in [3.63, 3.8) is 0 Å². The van der Waals surface area contributed by atoms with Crippen LogP contribution in [0, 0.1) is 0 Å². The quantitative estimate of drug-likeness (QED) is 0.565. The molecule has 5 nitrogen and oxygen atoms in total. The molecule has 2 aromatic carbocycles. The van der Waals surface area contributed by atoms with Gasteiger partial charge in [0.25, 0.3) is 0 Å². The van der Waals surface area contributed by atoms with Gasteiger partial charge in [0.15, 0.2) is 5.58 Å². The molecular formula is C15H9ClN4O. The van der Waals surface area contributed by atoms with E-state index in [0.29, 0.717) is 10.9 Å². The van der Waals surface area contributed by atoms with Crippen LogP contribution in [0.5, 0.6) is 0 Å². The van der Waals surface area contributed by atoms with Crippen LogP contribution in [0.15, 0.2) is 59.5 Å². The van der Waals surface area contributed by atoms with Gasteiger partial charge in [-0.15, -0.1) is 10.2 Å². The Hall–Kier alpha value is -2.66. The number of nitrogens with zero attached hydrogens (tertiary/aromatic N) is 4. The van der Waals surface area contributed by atoms with Crippen molar-refractivity contribution in [2.24, 2.45) is 0 Å². The molecule has 0 amide bonds. The molecule has 102 valence electrons. The molecule has 0 spiro atoms. The number of hydrogen-bond acceptors (Lipinski definition) is 4. The molecule has 2 aromatic heterocycles. The first kappa shape index (κ1) is 12.1. The summed E-state index contributed by atoms with van der Waals surface area (Å²) in [4.78, 5) is 4.52. The first-order valence-electron chi connectivity index (χ1n) is 6.31. The first-order chi connectivity index (χ1) is 10.3. The fourth-order valence-corrected chi connectivity index (χ4v) is 2.25. The first-order valence-corrected chi connectivity index (χ1v) is 6.69. The predicted octanol–water partition coefficient (Wildman–Crippen LogP) is 3.73. The Morgan fingerprint density at radius 3 is 2.48 bits per heavy atom. The fourth-order valence-electron chi connectivity index (χ4n) is 2.13. The molecule has 21 heavy (non-hydrogen) atoms. The van der Waals surface area contributed by atoms with Gasteiger partial charge in [0.1, 0.15) is 18.2 Å². The second-order valence-corrected chi connectivity index (χ2v) is 4.98. The van der Waals surface area contributed by atoms with Crippen LogP contribution in [0.4, 0.5) is 0 Å². The Balaban J connectivity index is 1.81. The van der Waals surface area contributed by atoms with Crippen LogP contribution in [-0.4, -0.2) is 19.7 Å². The highest BCUT2D eigenvalue weighted by molar-refractivity contribution is 6.30. The van der Waals surface area contributed by atoms with Gasteiger partial charge in [0.2, 0.25) is 5.89 Å². The van der Waals surface area contributed by atoms with E-state index in [-0.39, 0.29) is 0 Å². The summed E-state index contributed by atoms with van der Waals surface area (Å²) in [5.41, 5.74) is 3.34. The normalized spacial score (nSPS) is 11.1. The van der Waals surface area contributed by atoms with Crippen LogP contribution in [0.2, 0.25) is 5.02 Å². The Labute approximate surface area is 124 Å². The molecule has 0 bridgehead atoms. The van der Waals surface area contributed by atoms with E-state index in [0.717, 1.165) is 22.4 Å². The maximum atomic E-state index is 5.89. The van der Waals surface area contributed by atoms with Crippen molar-refractivity contribution in [2.45, 2.75) is 0 Å². The van der Waals surface area contributed by atoms with E-state index in [1.54, 1.807) is 12.7 Å². The molecule has 0 saturated carbocycles. The third-order valence-corrected chi connectivity index (χ3v) is 3.43. The maximum Gasteiger partial charge on any atom is 0.227 e. The second kappa shape index (κ2) is 4.71. The van der Waals surface area contributed by atoms with Crippen LogP contribution in [0.25, 0.3) is 28.2 Å². The molecule has 4 aromatic rings. The molecule has 2 heterocycles. The largest absolute Gasteiger partial charge is 0.436 e. The van der Waals surface area contributed by atoms with E-state index in [1.807, 2.05) is 47.0 Å². The van der Waals surface area contributed by atoms with Gasteiger partial charge >= 0.3 is 0 Å². The van der Waals surface area contributed by atoms with Gasteiger partial charge in [-0.3, -0.25) is 4.57 Å². The number of rotatable bonds is 2. The van der Waals surface area contributed by atoms with Crippen molar-refractivity contribution in [1.82, 2.24) is 19.7 Å². The molecule has 0 aliphatic rings. The van der Waals surface area contributed by atoms with Gasteiger partial charge in [-0.2, -0.15) is 0 Å². The molecule has 6 heteroatoms. The third kappa shape index (κ3) is 2.17. The summed E-state index contributed by atoms with van der Waals surface area (Å²) in [6, 6.07) is 13.1. The van der Waals surface area contributed by atoms with Gasteiger partial charge in [-0.1, -0.05) is 11.6 Å². The van der Waals surface area contributed by atoms with Crippen LogP contribution in [-0.2, 0) is 0 Å². The number of halogens is 1. The van der Waals surface area contributed by atoms with E-state index in [9.17, 15) is 0 Å². The van der Waals surface area contributed by atoms with Crippen molar-refractivity contribution in [3.8, 4) is 17.1 Å². The average molecular weight is 297 g/mol. The molecule has 0 aliphatic carbocycles. The third-order valence-electron chi connectivity index (χ3n) is 3.18. The van der Waals surface area contributed by atoms with Crippen LogP contribution in [0.3, 0.4) is 0 Å². The zero-order chi connectivity index (χ0) is 14.2. The molecule has 4 rings (SSSR count). The van der Waals surface area contributed by atoms with E-state index >= 15 is 0 Å². The zero-order valence-electron chi connectivity index (χ0n) is 10.8. The predicted molar refractivity (Wildman–Crippen MR) is 79.4 cm³/mol. The average Bonchev–Trinajstić information content (AvgIpc) is 3.16. The number of fused-ring (bicyclic) bond motifs is 1. The summed E-state index contributed by atoms with van der Waals surface area (Å²) in [6.07, 6.45) is 3.28. The van der Waals surface area contributed by atoms with Gasteiger partial charge < -0.3 is 4.42 Å². The summed E-state index contributed by atoms with van der Waals surface area (Å²) in [5, 5.41) is 8.28. The molecule has 0 fully saturated rings. The lowest BCUT2D eigenvalue weighted by Gasteiger charge is -1.98. The zero-order valence-corrected chi connectivity index (χ0v) is 11.5. The standard InChI is InChI=1S/C15H9ClN4O/c16-11-3-1-10(2-4-11)15-19-13-7-12(5-6-14(13)21-15)20-8-17-18-9-20/h1-9H.